The van der Waals surface area contributed by atoms with E-state index in [1.54, 1.807) is 0 Å². The number of aliphatic hydroxyl groups excluding tert-OH is 1. The van der Waals surface area contributed by atoms with Gasteiger partial charge in [0.05, 0.1) is 11.8 Å². The van der Waals surface area contributed by atoms with Crippen LogP contribution < -0.4 is 0 Å². The molecule has 2 aliphatic rings. The Morgan fingerprint density at radius 3 is 2.60 bits per heavy atom. The molecular formula is C15H25N3O2. The summed E-state index contributed by atoms with van der Waals surface area (Å²) in [6.45, 7) is 8.77. The Kier molecular flexibility index (Phi) is 4.10. The number of hydrogen-bond acceptors (Lipinski definition) is 5. The summed E-state index contributed by atoms with van der Waals surface area (Å²) < 4.78 is 5.23. The van der Waals surface area contributed by atoms with Gasteiger partial charge in [-0.25, -0.2) is 0 Å². The Hall–Kier alpha value is -0.910. The molecule has 3 rings (SSSR count). The Bertz CT molecular complexity index is 434. The van der Waals surface area contributed by atoms with Crippen molar-refractivity contribution in [2.45, 2.75) is 51.8 Å². The highest BCUT2D eigenvalue weighted by molar-refractivity contribution is 5.20. The van der Waals surface area contributed by atoms with E-state index in [2.05, 4.69) is 15.0 Å². The molecule has 0 spiro atoms. The highest BCUT2D eigenvalue weighted by atomic mass is 16.5. The first-order chi connectivity index (χ1) is 9.65. The lowest BCUT2D eigenvalue weighted by molar-refractivity contribution is 0.0706. The van der Waals surface area contributed by atoms with Crippen LogP contribution in [0.5, 0.6) is 0 Å². The van der Waals surface area contributed by atoms with Gasteiger partial charge in [0.2, 0.25) is 0 Å². The van der Waals surface area contributed by atoms with Gasteiger partial charge in [0.25, 0.3) is 0 Å². The summed E-state index contributed by atoms with van der Waals surface area (Å²) in [7, 11) is 0. The number of β-amino-alcohol motifs (C(OH)–C–C–N with tert-alkyl or cyclic N) is 1. The number of likely N-dealkylation sites (tertiary alicyclic amines) is 2. The van der Waals surface area contributed by atoms with Crippen LogP contribution in [0.3, 0.4) is 0 Å². The first-order valence-electron chi connectivity index (χ1n) is 7.71. The zero-order chi connectivity index (χ0) is 14.1. The van der Waals surface area contributed by atoms with Crippen molar-refractivity contribution in [3.05, 3.63) is 17.0 Å². The molecule has 0 bridgehead atoms. The van der Waals surface area contributed by atoms with Crippen molar-refractivity contribution in [1.82, 2.24) is 15.0 Å². The second kappa shape index (κ2) is 5.84. The fourth-order valence-electron chi connectivity index (χ4n) is 3.54. The van der Waals surface area contributed by atoms with E-state index in [9.17, 15) is 5.11 Å². The first kappa shape index (κ1) is 14.0. The topological polar surface area (TPSA) is 52.7 Å². The molecule has 0 aliphatic carbocycles. The molecule has 5 nitrogen and oxygen atoms in total. The van der Waals surface area contributed by atoms with Crippen LogP contribution in [0.25, 0.3) is 0 Å². The minimum atomic E-state index is -0.228. The van der Waals surface area contributed by atoms with Crippen molar-refractivity contribution in [1.29, 1.82) is 0 Å². The lowest BCUT2D eigenvalue weighted by atomic mass is 10.1. The summed E-state index contributed by atoms with van der Waals surface area (Å²) >= 11 is 0. The number of hydrogen-bond donors (Lipinski definition) is 1. The molecular weight excluding hydrogens is 254 g/mol. The SMILES string of the molecule is Cc1noc(C)c1CN1C[C@H](O)[C@@H](N2CCCCC2)C1. The van der Waals surface area contributed by atoms with E-state index in [1.807, 2.05) is 13.8 Å². The van der Waals surface area contributed by atoms with E-state index >= 15 is 0 Å². The Balaban J connectivity index is 1.63. The second-order valence-electron chi connectivity index (χ2n) is 6.23. The highest BCUT2D eigenvalue weighted by Crippen LogP contribution is 2.23. The van der Waals surface area contributed by atoms with Crippen LogP contribution in [0.1, 0.15) is 36.3 Å². The van der Waals surface area contributed by atoms with Gasteiger partial charge in [-0.2, -0.15) is 0 Å². The van der Waals surface area contributed by atoms with E-state index in [-0.39, 0.29) is 6.10 Å². The van der Waals surface area contributed by atoms with E-state index in [4.69, 9.17) is 4.52 Å². The molecule has 2 saturated heterocycles. The van der Waals surface area contributed by atoms with Gasteiger partial charge >= 0.3 is 0 Å². The quantitative estimate of drug-likeness (QED) is 0.904. The molecule has 5 heteroatoms. The smallest absolute Gasteiger partial charge is 0.138 e. The van der Waals surface area contributed by atoms with Crippen LogP contribution in [0.4, 0.5) is 0 Å². The zero-order valence-corrected chi connectivity index (χ0v) is 12.5. The maximum atomic E-state index is 10.4. The summed E-state index contributed by atoms with van der Waals surface area (Å²) in [5, 5.41) is 14.4. The number of aliphatic hydroxyl groups is 1. The van der Waals surface area contributed by atoms with Gasteiger partial charge in [0.15, 0.2) is 0 Å². The number of aryl methyl sites for hydroxylation is 2. The van der Waals surface area contributed by atoms with E-state index < -0.39 is 0 Å². The molecule has 112 valence electrons. The molecule has 2 atom stereocenters. The van der Waals surface area contributed by atoms with Crippen molar-refractivity contribution in [3.63, 3.8) is 0 Å². The average Bonchev–Trinajstić information content (AvgIpc) is 2.97. The monoisotopic (exact) mass is 279 g/mol. The second-order valence-corrected chi connectivity index (χ2v) is 6.23. The molecule has 1 aromatic rings. The Morgan fingerprint density at radius 2 is 1.95 bits per heavy atom. The molecule has 2 fully saturated rings. The van der Waals surface area contributed by atoms with E-state index in [0.29, 0.717) is 6.04 Å². The fraction of sp³-hybridized carbons (Fsp3) is 0.800. The van der Waals surface area contributed by atoms with Gasteiger partial charge in [-0.3, -0.25) is 9.80 Å². The van der Waals surface area contributed by atoms with Crippen LogP contribution in [-0.2, 0) is 6.54 Å². The van der Waals surface area contributed by atoms with E-state index in [1.165, 1.54) is 24.8 Å². The van der Waals surface area contributed by atoms with Gasteiger partial charge in [0.1, 0.15) is 5.76 Å². The molecule has 0 aromatic carbocycles. The molecule has 0 amide bonds. The van der Waals surface area contributed by atoms with E-state index in [0.717, 1.165) is 44.2 Å². The lowest BCUT2D eigenvalue weighted by Gasteiger charge is -2.33. The van der Waals surface area contributed by atoms with Crippen molar-refractivity contribution in [2.75, 3.05) is 26.2 Å². The third-order valence-corrected chi connectivity index (χ3v) is 4.76. The number of aromatic nitrogens is 1. The van der Waals surface area contributed by atoms with Gasteiger partial charge in [0, 0.05) is 31.2 Å². The maximum absolute atomic E-state index is 10.4. The average molecular weight is 279 g/mol. The molecule has 1 N–H and O–H groups in total. The predicted molar refractivity (Wildman–Crippen MR) is 76.5 cm³/mol. The number of nitrogens with zero attached hydrogens (tertiary/aromatic N) is 3. The molecule has 3 heterocycles. The van der Waals surface area contributed by atoms with Crippen LogP contribution in [0.2, 0.25) is 0 Å². The Labute approximate surface area is 120 Å². The molecule has 0 radical (unpaired) electrons. The van der Waals surface area contributed by atoms with Crippen LogP contribution in [0, 0.1) is 13.8 Å². The third kappa shape index (κ3) is 2.75. The molecule has 1 aromatic heterocycles. The van der Waals surface area contributed by atoms with Crippen molar-refractivity contribution in [2.24, 2.45) is 0 Å². The summed E-state index contributed by atoms with van der Waals surface area (Å²) in [6.07, 6.45) is 3.65. The summed E-state index contributed by atoms with van der Waals surface area (Å²) in [4.78, 5) is 4.80. The van der Waals surface area contributed by atoms with Gasteiger partial charge < -0.3 is 9.63 Å². The molecule has 0 unspecified atom stereocenters. The minimum Gasteiger partial charge on any atom is -0.390 e. The molecule has 0 saturated carbocycles. The fourth-order valence-corrected chi connectivity index (χ4v) is 3.54. The zero-order valence-electron chi connectivity index (χ0n) is 12.5. The van der Waals surface area contributed by atoms with Crippen molar-refractivity contribution >= 4 is 0 Å². The molecule has 20 heavy (non-hydrogen) atoms. The number of rotatable bonds is 3. The third-order valence-electron chi connectivity index (χ3n) is 4.76. The Morgan fingerprint density at radius 1 is 1.20 bits per heavy atom. The van der Waals surface area contributed by atoms with Gasteiger partial charge in [-0.1, -0.05) is 11.6 Å². The van der Waals surface area contributed by atoms with Gasteiger partial charge in [-0.15, -0.1) is 0 Å². The number of piperidine rings is 1. The highest BCUT2D eigenvalue weighted by Gasteiger charge is 2.36. The first-order valence-corrected chi connectivity index (χ1v) is 7.71. The van der Waals surface area contributed by atoms with Crippen molar-refractivity contribution in [3.8, 4) is 0 Å². The minimum absolute atomic E-state index is 0.228. The standard InChI is InChI=1S/C15H25N3O2/c1-11-13(12(2)20-16-11)8-17-9-14(15(19)10-17)18-6-4-3-5-7-18/h14-15,19H,3-10H2,1-2H3/t14-,15-/m0/s1. The van der Waals surface area contributed by atoms with Crippen molar-refractivity contribution < 1.29 is 9.63 Å². The predicted octanol–water partition coefficient (Wildman–Crippen LogP) is 1.32. The largest absolute Gasteiger partial charge is 0.390 e. The summed E-state index contributed by atoms with van der Waals surface area (Å²) in [5.41, 5.74) is 2.15. The van der Waals surface area contributed by atoms with Crippen LogP contribution >= 0.6 is 0 Å². The lowest BCUT2D eigenvalue weighted by Crippen LogP contribution is -2.45. The summed E-state index contributed by atoms with van der Waals surface area (Å²) in [6, 6.07) is 0.302. The summed E-state index contributed by atoms with van der Waals surface area (Å²) in [5.74, 6) is 0.901. The van der Waals surface area contributed by atoms with Gasteiger partial charge in [-0.05, 0) is 39.8 Å². The van der Waals surface area contributed by atoms with Crippen LogP contribution in [-0.4, -0.2) is 58.4 Å². The normalized spacial score (nSPS) is 29.1. The maximum Gasteiger partial charge on any atom is 0.138 e. The van der Waals surface area contributed by atoms with Crippen LogP contribution in [0.15, 0.2) is 4.52 Å². The molecule has 2 aliphatic heterocycles.